The van der Waals surface area contributed by atoms with E-state index in [1.54, 1.807) is 6.08 Å². The summed E-state index contributed by atoms with van der Waals surface area (Å²) < 4.78 is 22.6. The van der Waals surface area contributed by atoms with Crippen LogP contribution in [0.2, 0.25) is 0 Å². The molecule has 0 radical (unpaired) electrons. The summed E-state index contributed by atoms with van der Waals surface area (Å²) in [5, 5.41) is 4.03. The van der Waals surface area contributed by atoms with Crippen molar-refractivity contribution in [2.24, 2.45) is 5.92 Å². The Labute approximate surface area is 136 Å². The van der Waals surface area contributed by atoms with Crippen LogP contribution < -0.4 is 5.32 Å². The van der Waals surface area contributed by atoms with Crippen LogP contribution >= 0.6 is 0 Å². The molecule has 124 valence electrons. The highest BCUT2D eigenvalue weighted by Crippen LogP contribution is 2.22. The number of aryl methyl sites for hydroxylation is 2. The lowest BCUT2D eigenvalue weighted by atomic mass is 10.1. The first-order chi connectivity index (χ1) is 10.9. The number of carbonyl (C=O) groups is 1. The Morgan fingerprint density at radius 2 is 2.17 bits per heavy atom. The molecule has 0 saturated heterocycles. The third kappa shape index (κ3) is 3.96. The summed E-state index contributed by atoms with van der Waals surface area (Å²) in [7, 11) is -3.10. The molecule has 0 unspecified atom stereocenters. The van der Waals surface area contributed by atoms with E-state index in [2.05, 4.69) is 15.3 Å². The van der Waals surface area contributed by atoms with Gasteiger partial charge in [0.25, 0.3) is 0 Å². The molecule has 1 atom stereocenters. The molecule has 2 aliphatic rings. The number of carbonyl (C=O) groups excluding carboxylic acids is 1. The van der Waals surface area contributed by atoms with Gasteiger partial charge in [0.2, 0.25) is 5.91 Å². The smallest absolute Gasteiger partial charge is 0.220 e. The Kier molecular flexibility index (Phi) is 4.48. The third-order valence-corrected chi connectivity index (χ3v) is 5.77. The highest BCUT2D eigenvalue weighted by molar-refractivity contribution is 7.94. The fourth-order valence-corrected chi connectivity index (χ4v) is 4.58. The zero-order valence-electron chi connectivity index (χ0n) is 13.2. The normalized spacial score (nSPS) is 21.3. The van der Waals surface area contributed by atoms with Crippen molar-refractivity contribution in [3.05, 3.63) is 34.3 Å². The lowest BCUT2D eigenvalue weighted by molar-refractivity contribution is -0.121. The predicted octanol–water partition coefficient (Wildman–Crippen LogP) is 0.881. The number of hydrogen-bond donors (Lipinski definition) is 1. The lowest BCUT2D eigenvalue weighted by Gasteiger charge is -2.09. The molecule has 3 rings (SSSR count). The van der Waals surface area contributed by atoms with E-state index in [9.17, 15) is 13.2 Å². The first-order valence-electron chi connectivity index (χ1n) is 7.96. The maximum absolute atomic E-state index is 11.9. The Hall–Kier alpha value is -1.76. The Balaban J connectivity index is 1.47. The van der Waals surface area contributed by atoms with E-state index in [4.69, 9.17) is 0 Å². The van der Waals surface area contributed by atoms with Gasteiger partial charge in [-0.1, -0.05) is 6.08 Å². The molecule has 0 spiro atoms. The topological polar surface area (TPSA) is 89.0 Å². The van der Waals surface area contributed by atoms with Crippen LogP contribution in [0.1, 0.15) is 35.6 Å². The zero-order chi connectivity index (χ0) is 16.4. The van der Waals surface area contributed by atoms with Crippen LogP contribution in [-0.4, -0.2) is 36.6 Å². The summed E-state index contributed by atoms with van der Waals surface area (Å²) in [6.45, 7) is 2.49. The Bertz CT molecular complexity index is 756. The molecule has 1 aliphatic carbocycles. The van der Waals surface area contributed by atoms with Crippen LogP contribution in [0.25, 0.3) is 0 Å². The number of aromatic nitrogens is 2. The van der Waals surface area contributed by atoms with Crippen molar-refractivity contribution in [3.63, 3.8) is 0 Å². The minimum Gasteiger partial charge on any atom is -0.356 e. The summed E-state index contributed by atoms with van der Waals surface area (Å²) >= 11 is 0. The third-order valence-electron chi connectivity index (χ3n) is 4.31. The van der Waals surface area contributed by atoms with Gasteiger partial charge in [0.15, 0.2) is 9.84 Å². The molecule has 0 fully saturated rings. The predicted molar refractivity (Wildman–Crippen MR) is 86.5 cm³/mol. The second-order valence-corrected chi connectivity index (χ2v) is 8.16. The van der Waals surface area contributed by atoms with Crippen molar-refractivity contribution in [3.8, 4) is 0 Å². The van der Waals surface area contributed by atoms with E-state index in [1.807, 2.05) is 6.92 Å². The second-order valence-electron chi connectivity index (χ2n) is 6.23. The fourth-order valence-electron chi connectivity index (χ4n) is 3.19. The van der Waals surface area contributed by atoms with Gasteiger partial charge in [-0.15, -0.1) is 0 Å². The van der Waals surface area contributed by atoms with Crippen molar-refractivity contribution in [2.75, 3.05) is 12.3 Å². The van der Waals surface area contributed by atoms with Gasteiger partial charge < -0.3 is 5.32 Å². The van der Waals surface area contributed by atoms with Gasteiger partial charge in [0.1, 0.15) is 5.82 Å². The minimum atomic E-state index is -3.10. The van der Waals surface area contributed by atoms with Crippen LogP contribution in [0.15, 0.2) is 11.5 Å². The zero-order valence-corrected chi connectivity index (χ0v) is 14.0. The molecule has 0 saturated carbocycles. The molecule has 7 heteroatoms. The largest absolute Gasteiger partial charge is 0.356 e. The van der Waals surface area contributed by atoms with Crippen LogP contribution in [0, 0.1) is 12.8 Å². The van der Waals surface area contributed by atoms with Crippen LogP contribution in [0.3, 0.4) is 0 Å². The van der Waals surface area contributed by atoms with E-state index < -0.39 is 9.84 Å². The Morgan fingerprint density at radius 3 is 2.91 bits per heavy atom. The van der Waals surface area contributed by atoms with Gasteiger partial charge in [-0.05, 0) is 31.7 Å². The average molecular weight is 335 g/mol. The summed E-state index contributed by atoms with van der Waals surface area (Å²) in [6.07, 6.45) is 5.62. The molecule has 1 N–H and O–H groups in total. The summed E-state index contributed by atoms with van der Waals surface area (Å²) in [5.74, 6) is 0.466. The molecular weight excluding hydrogens is 314 g/mol. The molecule has 23 heavy (non-hydrogen) atoms. The number of hydrogen-bond acceptors (Lipinski definition) is 5. The monoisotopic (exact) mass is 335 g/mol. The molecule has 1 aliphatic heterocycles. The van der Waals surface area contributed by atoms with E-state index in [-0.39, 0.29) is 24.0 Å². The summed E-state index contributed by atoms with van der Waals surface area (Å²) in [6, 6.07) is 0. The highest BCUT2D eigenvalue weighted by Gasteiger charge is 2.23. The molecule has 0 bridgehead atoms. The van der Waals surface area contributed by atoms with Gasteiger partial charge in [0.05, 0.1) is 5.75 Å². The van der Waals surface area contributed by atoms with Crippen molar-refractivity contribution < 1.29 is 13.2 Å². The number of amides is 1. The number of nitrogens with one attached hydrogen (secondary N) is 1. The number of sulfone groups is 1. The number of allylic oxidation sites excluding steroid dienone is 1. The van der Waals surface area contributed by atoms with Gasteiger partial charge in [-0.2, -0.15) is 0 Å². The van der Waals surface area contributed by atoms with Crippen molar-refractivity contribution in [2.45, 2.75) is 39.0 Å². The maximum atomic E-state index is 11.9. The van der Waals surface area contributed by atoms with Crippen LogP contribution in [0.4, 0.5) is 0 Å². The summed E-state index contributed by atoms with van der Waals surface area (Å²) in [5.41, 5.74) is 3.49. The van der Waals surface area contributed by atoms with Crippen molar-refractivity contribution in [1.82, 2.24) is 15.3 Å². The first kappa shape index (κ1) is 16.1. The molecule has 1 amide bonds. The van der Waals surface area contributed by atoms with Gasteiger partial charge >= 0.3 is 0 Å². The van der Waals surface area contributed by atoms with E-state index in [1.165, 1.54) is 11.0 Å². The standard InChI is InChI=1S/C16H21N3O3S/c1-11-13-3-2-4-14(13)19-15(18-11)5-7-17-16(20)9-12-6-8-23(21,22)10-12/h6,8,12H,2-5,7,9-10H2,1H3,(H,17,20)/t12-/m1/s1. The SMILES string of the molecule is Cc1nc(CCNC(=O)C[C@H]2C=CS(=O)(=O)C2)nc2c1CCC2. The number of nitrogens with zero attached hydrogens (tertiary/aromatic N) is 2. The number of rotatable bonds is 5. The molecule has 2 heterocycles. The first-order valence-corrected chi connectivity index (χ1v) is 9.67. The van der Waals surface area contributed by atoms with E-state index >= 15 is 0 Å². The highest BCUT2D eigenvalue weighted by atomic mass is 32.2. The van der Waals surface area contributed by atoms with Crippen molar-refractivity contribution in [1.29, 1.82) is 0 Å². The quantitative estimate of drug-likeness (QED) is 0.863. The van der Waals surface area contributed by atoms with Crippen LogP contribution in [-0.2, 0) is 33.9 Å². The molecule has 1 aromatic heterocycles. The second kappa shape index (κ2) is 6.39. The van der Waals surface area contributed by atoms with E-state index in [0.717, 1.165) is 36.5 Å². The lowest BCUT2D eigenvalue weighted by Crippen LogP contribution is -2.28. The molecule has 0 aromatic carbocycles. The van der Waals surface area contributed by atoms with Gasteiger partial charge in [-0.3, -0.25) is 4.79 Å². The number of fused-ring (bicyclic) bond motifs is 1. The van der Waals surface area contributed by atoms with Crippen molar-refractivity contribution >= 4 is 15.7 Å². The fraction of sp³-hybridized carbons (Fsp3) is 0.562. The molecule has 1 aromatic rings. The summed E-state index contributed by atoms with van der Waals surface area (Å²) in [4.78, 5) is 21.0. The van der Waals surface area contributed by atoms with Gasteiger partial charge in [0, 0.05) is 42.1 Å². The average Bonchev–Trinajstić information content (AvgIpc) is 3.05. The van der Waals surface area contributed by atoms with Crippen LogP contribution in [0.5, 0.6) is 0 Å². The maximum Gasteiger partial charge on any atom is 0.220 e. The Morgan fingerprint density at radius 1 is 1.35 bits per heavy atom. The minimum absolute atomic E-state index is 0.0353. The molecule has 6 nitrogen and oxygen atoms in total. The van der Waals surface area contributed by atoms with Gasteiger partial charge in [-0.25, -0.2) is 18.4 Å². The van der Waals surface area contributed by atoms with E-state index in [0.29, 0.717) is 13.0 Å². The molecular formula is C16H21N3O3S.